The van der Waals surface area contributed by atoms with E-state index in [9.17, 15) is 14.9 Å². The standard InChI is InChI=1S/C19H25N5O3/c1-5-10-22(11-6-2)15(14(3)4)13-20-18-17(24(26)27)19(25)23-12-8-7-9-16(23)21-18/h5-9,12,14-15,20H,1-2,10-11,13H2,3-4H3/t15-/m1/s1. The summed E-state index contributed by atoms with van der Waals surface area (Å²) in [6, 6.07) is 5.04. The number of fused-ring (bicyclic) bond motifs is 1. The molecule has 0 bridgehead atoms. The van der Waals surface area contributed by atoms with Gasteiger partial charge in [0.2, 0.25) is 5.82 Å². The molecule has 2 heterocycles. The minimum Gasteiger partial charge on any atom is -0.363 e. The zero-order valence-electron chi connectivity index (χ0n) is 15.7. The van der Waals surface area contributed by atoms with Gasteiger partial charge in [-0.3, -0.25) is 24.2 Å². The average molecular weight is 371 g/mol. The van der Waals surface area contributed by atoms with Gasteiger partial charge in [-0.1, -0.05) is 32.1 Å². The molecule has 0 fully saturated rings. The number of pyridine rings is 1. The van der Waals surface area contributed by atoms with Gasteiger partial charge in [0, 0.05) is 31.9 Å². The molecule has 0 aliphatic carbocycles. The van der Waals surface area contributed by atoms with Crippen molar-refractivity contribution in [2.45, 2.75) is 19.9 Å². The van der Waals surface area contributed by atoms with Gasteiger partial charge in [-0.05, 0) is 18.1 Å². The fourth-order valence-electron chi connectivity index (χ4n) is 3.03. The van der Waals surface area contributed by atoms with E-state index in [1.807, 2.05) is 12.2 Å². The molecule has 8 nitrogen and oxygen atoms in total. The number of hydrogen-bond donors (Lipinski definition) is 1. The predicted octanol–water partition coefficient (Wildman–Crippen LogP) is 2.71. The molecule has 2 rings (SSSR count). The quantitative estimate of drug-likeness (QED) is 0.392. The van der Waals surface area contributed by atoms with Crippen LogP contribution in [0, 0.1) is 16.0 Å². The molecule has 27 heavy (non-hydrogen) atoms. The Morgan fingerprint density at radius 1 is 1.33 bits per heavy atom. The van der Waals surface area contributed by atoms with E-state index in [0.717, 1.165) is 0 Å². The maximum Gasteiger partial charge on any atom is 0.376 e. The largest absolute Gasteiger partial charge is 0.376 e. The summed E-state index contributed by atoms with van der Waals surface area (Å²) in [6.07, 6.45) is 5.08. The van der Waals surface area contributed by atoms with E-state index >= 15 is 0 Å². The van der Waals surface area contributed by atoms with Crippen LogP contribution in [0.25, 0.3) is 5.65 Å². The second kappa shape index (κ2) is 9.09. The van der Waals surface area contributed by atoms with Crippen LogP contribution in [0.15, 0.2) is 54.5 Å². The van der Waals surface area contributed by atoms with E-state index < -0.39 is 16.2 Å². The zero-order chi connectivity index (χ0) is 20.0. The lowest BCUT2D eigenvalue weighted by Crippen LogP contribution is -2.44. The summed E-state index contributed by atoms with van der Waals surface area (Å²) in [5.41, 5.74) is -0.908. The number of nitro groups is 1. The summed E-state index contributed by atoms with van der Waals surface area (Å²) in [6.45, 7) is 13.4. The molecule has 2 aromatic rings. The topological polar surface area (TPSA) is 92.8 Å². The van der Waals surface area contributed by atoms with Gasteiger partial charge in [0.25, 0.3) is 0 Å². The molecule has 0 saturated heterocycles. The van der Waals surface area contributed by atoms with Gasteiger partial charge in [-0.25, -0.2) is 4.98 Å². The monoisotopic (exact) mass is 371 g/mol. The highest BCUT2D eigenvalue weighted by atomic mass is 16.6. The molecular weight excluding hydrogens is 346 g/mol. The summed E-state index contributed by atoms with van der Waals surface area (Å²) in [5, 5.41) is 14.5. The number of anilines is 1. The summed E-state index contributed by atoms with van der Waals surface area (Å²) in [4.78, 5) is 29.8. The minimum atomic E-state index is -0.705. The highest BCUT2D eigenvalue weighted by molar-refractivity contribution is 5.59. The van der Waals surface area contributed by atoms with Crippen molar-refractivity contribution in [1.82, 2.24) is 14.3 Å². The Bertz CT molecular complexity index is 881. The van der Waals surface area contributed by atoms with Crippen LogP contribution < -0.4 is 10.9 Å². The first-order valence-corrected chi connectivity index (χ1v) is 8.76. The first-order chi connectivity index (χ1) is 12.9. The first-order valence-electron chi connectivity index (χ1n) is 8.76. The second-order valence-corrected chi connectivity index (χ2v) is 6.52. The highest BCUT2D eigenvalue weighted by Crippen LogP contribution is 2.20. The lowest BCUT2D eigenvalue weighted by atomic mass is 10.0. The molecule has 0 aliphatic rings. The van der Waals surface area contributed by atoms with E-state index in [2.05, 4.69) is 42.2 Å². The fourth-order valence-corrected chi connectivity index (χ4v) is 3.03. The zero-order valence-corrected chi connectivity index (χ0v) is 15.7. The molecule has 8 heteroatoms. The van der Waals surface area contributed by atoms with Gasteiger partial charge in [-0.15, -0.1) is 13.2 Å². The summed E-state index contributed by atoms with van der Waals surface area (Å²) in [5.74, 6) is 0.247. The molecule has 0 aromatic carbocycles. The normalized spacial score (nSPS) is 12.3. The number of nitrogens with one attached hydrogen (secondary N) is 1. The van der Waals surface area contributed by atoms with Gasteiger partial charge in [0.05, 0.1) is 4.92 Å². The average Bonchev–Trinajstić information content (AvgIpc) is 2.61. The van der Waals surface area contributed by atoms with Crippen LogP contribution in [-0.4, -0.2) is 44.9 Å². The van der Waals surface area contributed by atoms with E-state index in [1.165, 1.54) is 10.6 Å². The van der Waals surface area contributed by atoms with Crippen LogP contribution in [0.3, 0.4) is 0 Å². The Labute approximate surface area is 158 Å². The van der Waals surface area contributed by atoms with Crippen molar-refractivity contribution in [2.24, 2.45) is 5.92 Å². The minimum absolute atomic E-state index is 0.0148. The van der Waals surface area contributed by atoms with Crippen molar-refractivity contribution >= 4 is 17.2 Å². The molecule has 0 unspecified atom stereocenters. The third-order valence-corrected chi connectivity index (χ3v) is 4.34. The molecule has 144 valence electrons. The van der Waals surface area contributed by atoms with Crippen molar-refractivity contribution in [1.29, 1.82) is 0 Å². The molecule has 1 N–H and O–H groups in total. The van der Waals surface area contributed by atoms with Crippen molar-refractivity contribution in [2.75, 3.05) is 25.0 Å². The number of hydrogen-bond acceptors (Lipinski definition) is 6. The Kier molecular flexibility index (Phi) is 6.84. The molecule has 0 saturated carbocycles. The van der Waals surface area contributed by atoms with Crippen LogP contribution in [0.2, 0.25) is 0 Å². The van der Waals surface area contributed by atoms with Gasteiger partial charge < -0.3 is 5.32 Å². The fraction of sp³-hybridized carbons (Fsp3) is 0.368. The van der Waals surface area contributed by atoms with E-state index in [4.69, 9.17) is 0 Å². The van der Waals surface area contributed by atoms with E-state index in [0.29, 0.717) is 25.3 Å². The van der Waals surface area contributed by atoms with Crippen LogP contribution in [0.1, 0.15) is 13.8 Å². The Morgan fingerprint density at radius 3 is 2.56 bits per heavy atom. The summed E-state index contributed by atoms with van der Waals surface area (Å²) >= 11 is 0. The molecule has 1 atom stereocenters. The molecule has 0 radical (unpaired) electrons. The predicted molar refractivity (Wildman–Crippen MR) is 107 cm³/mol. The molecule has 0 aliphatic heterocycles. The third kappa shape index (κ3) is 4.59. The molecule has 2 aromatic heterocycles. The number of rotatable bonds is 10. The van der Waals surface area contributed by atoms with Crippen LogP contribution in [0.5, 0.6) is 0 Å². The molecular formula is C19H25N5O3. The Hall–Kier alpha value is -3.00. The SMILES string of the molecule is C=CCN(CC=C)[C@H](CNc1nc2ccccn2c(=O)c1[N+](=O)[O-])C(C)C. The lowest BCUT2D eigenvalue weighted by Gasteiger charge is -2.33. The molecule has 0 amide bonds. The van der Waals surface area contributed by atoms with Crippen LogP contribution in [-0.2, 0) is 0 Å². The smallest absolute Gasteiger partial charge is 0.363 e. The van der Waals surface area contributed by atoms with Crippen molar-refractivity contribution < 1.29 is 4.92 Å². The van der Waals surface area contributed by atoms with Crippen molar-refractivity contribution in [3.8, 4) is 0 Å². The summed E-state index contributed by atoms with van der Waals surface area (Å²) < 4.78 is 1.17. The second-order valence-electron chi connectivity index (χ2n) is 6.52. The van der Waals surface area contributed by atoms with Crippen LogP contribution in [0.4, 0.5) is 11.5 Å². The maximum absolute atomic E-state index is 12.5. The number of nitrogens with zero attached hydrogens (tertiary/aromatic N) is 4. The van der Waals surface area contributed by atoms with Gasteiger partial charge in [0.15, 0.2) is 0 Å². The first kappa shape index (κ1) is 20.3. The third-order valence-electron chi connectivity index (χ3n) is 4.34. The summed E-state index contributed by atoms with van der Waals surface area (Å²) in [7, 11) is 0. The lowest BCUT2D eigenvalue weighted by molar-refractivity contribution is -0.385. The van der Waals surface area contributed by atoms with Gasteiger partial charge in [-0.2, -0.15) is 0 Å². The van der Waals surface area contributed by atoms with Gasteiger partial charge >= 0.3 is 11.2 Å². The molecule has 0 spiro atoms. The van der Waals surface area contributed by atoms with Gasteiger partial charge in [0.1, 0.15) is 5.65 Å². The maximum atomic E-state index is 12.5. The number of aromatic nitrogens is 2. The Balaban J connectivity index is 2.39. The van der Waals surface area contributed by atoms with Crippen molar-refractivity contribution in [3.63, 3.8) is 0 Å². The Morgan fingerprint density at radius 2 is 2.00 bits per heavy atom. The van der Waals surface area contributed by atoms with Crippen LogP contribution >= 0.6 is 0 Å². The van der Waals surface area contributed by atoms with E-state index in [-0.39, 0.29) is 17.8 Å². The van der Waals surface area contributed by atoms with E-state index in [1.54, 1.807) is 18.2 Å². The highest BCUT2D eigenvalue weighted by Gasteiger charge is 2.26. The van der Waals surface area contributed by atoms with Crippen molar-refractivity contribution in [3.05, 3.63) is 70.2 Å².